The minimum absolute atomic E-state index is 0.0354. The van der Waals surface area contributed by atoms with Crippen LogP contribution >= 0.6 is 15.9 Å². The van der Waals surface area contributed by atoms with E-state index >= 15 is 0 Å². The zero-order valence-electron chi connectivity index (χ0n) is 22.4. The molecule has 2 N–H and O–H groups in total. The number of amides is 2. The molecule has 6 rings (SSSR count). The van der Waals surface area contributed by atoms with E-state index in [1.165, 1.54) is 0 Å². The molecule has 0 unspecified atom stereocenters. The average molecular weight is 618 g/mol. The molecule has 2 aromatic heterocycles. The number of carbonyl (C=O) groups excluding carboxylic acids is 2. The van der Waals surface area contributed by atoms with Crippen LogP contribution in [-0.2, 0) is 13.1 Å². The Morgan fingerprint density at radius 2 is 1.83 bits per heavy atom. The Morgan fingerprint density at radius 1 is 1.00 bits per heavy atom. The number of hydrogen-bond donors (Lipinski definition) is 2. The average Bonchev–Trinajstić information content (AvgIpc) is 3.43. The SMILES string of the molecule is COc1ccc(CNC(=O)c2ccc(N3C[C@H]4C[C@@H](C3)c3cccc(=O)n3C4)c(NC(=O)c3ccc(Br)o3)c2)cc1. The molecular formula is C31H29BrN4O5. The second kappa shape index (κ2) is 11.3. The van der Waals surface area contributed by atoms with E-state index in [2.05, 4.69) is 31.5 Å². The molecule has 10 heteroatoms. The number of nitrogens with zero attached hydrogens (tertiary/aromatic N) is 2. The fraction of sp³-hybridized carbons (Fsp3) is 0.258. The molecule has 2 aliphatic heterocycles. The summed E-state index contributed by atoms with van der Waals surface area (Å²) in [7, 11) is 1.61. The molecule has 9 nitrogen and oxygen atoms in total. The maximum Gasteiger partial charge on any atom is 0.291 e. The summed E-state index contributed by atoms with van der Waals surface area (Å²) in [6, 6.07) is 21.6. The van der Waals surface area contributed by atoms with Crippen LogP contribution in [0.3, 0.4) is 0 Å². The van der Waals surface area contributed by atoms with Gasteiger partial charge in [0.25, 0.3) is 17.4 Å². The lowest BCUT2D eigenvalue weighted by molar-refractivity contribution is 0.0949. The third kappa shape index (κ3) is 5.65. The van der Waals surface area contributed by atoms with Crippen LogP contribution in [-0.4, -0.2) is 36.6 Å². The monoisotopic (exact) mass is 616 g/mol. The van der Waals surface area contributed by atoms with Crippen molar-refractivity contribution >= 4 is 39.1 Å². The van der Waals surface area contributed by atoms with Crippen molar-refractivity contribution in [3.8, 4) is 5.75 Å². The van der Waals surface area contributed by atoms with Gasteiger partial charge in [-0.1, -0.05) is 18.2 Å². The van der Waals surface area contributed by atoms with Gasteiger partial charge in [0.2, 0.25) is 0 Å². The Kier molecular flexibility index (Phi) is 7.40. The molecule has 0 radical (unpaired) electrons. The third-order valence-electron chi connectivity index (χ3n) is 7.74. The van der Waals surface area contributed by atoms with Crippen molar-refractivity contribution in [3.05, 3.63) is 110 Å². The number of furan rings is 1. The number of pyridine rings is 1. The van der Waals surface area contributed by atoms with Gasteiger partial charge in [-0.3, -0.25) is 14.4 Å². The van der Waals surface area contributed by atoms with E-state index in [-0.39, 0.29) is 23.1 Å². The number of carbonyl (C=O) groups is 2. The molecule has 0 spiro atoms. The molecule has 1 saturated heterocycles. The minimum atomic E-state index is -0.415. The van der Waals surface area contributed by atoms with E-state index < -0.39 is 5.91 Å². The summed E-state index contributed by atoms with van der Waals surface area (Å²) >= 11 is 3.24. The highest BCUT2D eigenvalue weighted by molar-refractivity contribution is 9.10. The molecule has 2 atom stereocenters. The van der Waals surface area contributed by atoms with Gasteiger partial charge in [-0.15, -0.1) is 0 Å². The Bertz CT molecular complexity index is 1660. The van der Waals surface area contributed by atoms with Crippen molar-refractivity contribution in [2.24, 2.45) is 5.92 Å². The van der Waals surface area contributed by atoms with Gasteiger partial charge in [-0.2, -0.15) is 0 Å². The molecule has 2 bridgehead atoms. The highest BCUT2D eigenvalue weighted by Crippen LogP contribution is 2.39. The first-order valence-electron chi connectivity index (χ1n) is 13.4. The van der Waals surface area contributed by atoms with Crippen molar-refractivity contribution in [2.45, 2.75) is 25.4 Å². The van der Waals surface area contributed by atoms with Crippen LogP contribution in [0.15, 0.2) is 86.7 Å². The number of anilines is 2. The lowest BCUT2D eigenvalue weighted by atomic mass is 9.83. The van der Waals surface area contributed by atoms with Crippen LogP contribution < -0.4 is 25.8 Å². The Morgan fingerprint density at radius 3 is 2.59 bits per heavy atom. The number of hydrogen-bond acceptors (Lipinski definition) is 6. The van der Waals surface area contributed by atoms with Gasteiger partial charge in [-0.25, -0.2) is 0 Å². The van der Waals surface area contributed by atoms with Gasteiger partial charge >= 0.3 is 0 Å². The Balaban J connectivity index is 1.27. The Hall–Kier alpha value is -4.31. The number of rotatable bonds is 7. The maximum atomic E-state index is 13.1. The van der Waals surface area contributed by atoms with Crippen molar-refractivity contribution in [2.75, 3.05) is 30.4 Å². The molecule has 210 valence electrons. The number of piperidine rings is 1. The van der Waals surface area contributed by atoms with Gasteiger partial charge in [0, 0.05) is 49.4 Å². The summed E-state index contributed by atoms with van der Waals surface area (Å²) in [4.78, 5) is 41.0. The first-order chi connectivity index (χ1) is 19.9. The number of benzene rings is 2. The van der Waals surface area contributed by atoms with Crippen LogP contribution in [0.5, 0.6) is 5.75 Å². The molecule has 2 aromatic carbocycles. The predicted molar refractivity (Wildman–Crippen MR) is 159 cm³/mol. The number of nitrogens with one attached hydrogen (secondary N) is 2. The van der Waals surface area contributed by atoms with E-state index in [4.69, 9.17) is 9.15 Å². The van der Waals surface area contributed by atoms with Crippen molar-refractivity contribution in [1.82, 2.24) is 9.88 Å². The normalized spacial score (nSPS) is 17.5. The van der Waals surface area contributed by atoms with Crippen LogP contribution in [0.2, 0.25) is 0 Å². The molecule has 4 heterocycles. The highest BCUT2D eigenvalue weighted by Gasteiger charge is 2.35. The van der Waals surface area contributed by atoms with Crippen molar-refractivity contribution < 1.29 is 18.7 Å². The smallest absolute Gasteiger partial charge is 0.291 e. The first kappa shape index (κ1) is 26.9. The molecule has 4 aromatic rings. The molecule has 1 fully saturated rings. The van der Waals surface area contributed by atoms with Gasteiger partial charge in [-0.05, 0) is 82.4 Å². The van der Waals surface area contributed by atoms with E-state index in [1.807, 2.05) is 47.0 Å². The topological polar surface area (TPSA) is 106 Å². The lowest BCUT2D eigenvalue weighted by Crippen LogP contribution is -2.47. The quantitative estimate of drug-likeness (QED) is 0.302. The molecule has 0 aliphatic carbocycles. The van der Waals surface area contributed by atoms with Gasteiger partial charge < -0.3 is 29.3 Å². The summed E-state index contributed by atoms with van der Waals surface area (Å²) in [6.45, 7) is 2.44. The fourth-order valence-electron chi connectivity index (χ4n) is 5.79. The second-order valence-corrected chi connectivity index (χ2v) is 11.2. The summed E-state index contributed by atoms with van der Waals surface area (Å²) in [6.07, 6.45) is 1.01. The predicted octanol–water partition coefficient (Wildman–Crippen LogP) is 5.02. The van der Waals surface area contributed by atoms with Crippen molar-refractivity contribution in [3.63, 3.8) is 0 Å². The zero-order valence-corrected chi connectivity index (χ0v) is 24.0. The van der Waals surface area contributed by atoms with Crippen LogP contribution in [0.1, 0.15) is 44.5 Å². The molecular weight excluding hydrogens is 588 g/mol. The van der Waals surface area contributed by atoms with Crippen molar-refractivity contribution in [1.29, 1.82) is 0 Å². The molecule has 41 heavy (non-hydrogen) atoms. The fourth-order valence-corrected chi connectivity index (χ4v) is 6.10. The number of methoxy groups -OCH3 is 1. The second-order valence-electron chi connectivity index (χ2n) is 10.4. The van der Waals surface area contributed by atoms with Gasteiger partial charge in [0.1, 0.15) is 5.75 Å². The van der Waals surface area contributed by atoms with Crippen LogP contribution in [0, 0.1) is 5.92 Å². The van der Waals surface area contributed by atoms with Crippen LogP contribution in [0.4, 0.5) is 11.4 Å². The molecule has 0 saturated carbocycles. The van der Waals surface area contributed by atoms with Gasteiger partial charge in [0.15, 0.2) is 10.4 Å². The van der Waals surface area contributed by atoms with E-state index in [0.29, 0.717) is 41.5 Å². The molecule has 2 aliphatic rings. The number of aromatic nitrogens is 1. The third-order valence-corrected chi connectivity index (χ3v) is 8.16. The van der Waals surface area contributed by atoms with Gasteiger partial charge in [0.05, 0.1) is 18.5 Å². The molecule has 2 amide bonds. The van der Waals surface area contributed by atoms with E-state index in [9.17, 15) is 14.4 Å². The standard InChI is InChI=1S/C31H29BrN4O5/c1-40-23-8-5-19(6-9-23)15-33-30(38)21-7-10-26(24(14-21)34-31(39)27-11-12-28(32)41-27)35-16-20-13-22(18-35)25-3-2-4-29(37)36(25)17-20/h2-12,14,20,22H,13,15-18H2,1H3,(H,33,38)(H,34,39)/t20-,22+/m1/s1. The van der Waals surface area contributed by atoms with E-state index in [1.54, 1.807) is 37.4 Å². The number of ether oxygens (including phenoxy) is 1. The van der Waals surface area contributed by atoms with Crippen LogP contribution in [0.25, 0.3) is 0 Å². The highest BCUT2D eigenvalue weighted by atomic mass is 79.9. The first-order valence-corrected chi connectivity index (χ1v) is 14.2. The maximum absolute atomic E-state index is 13.1. The summed E-state index contributed by atoms with van der Waals surface area (Å²) < 4.78 is 13.0. The lowest BCUT2D eigenvalue weighted by Gasteiger charge is -2.44. The number of fused-ring (bicyclic) bond motifs is 4. The summed E-state index contributed by atoms with van der Waals surface area (Å²) in [5, 5.41) is 5.92. The Labute approximate surface area is 245 Å². The zero-order chi connectivity index (χ0) is 28.5. The minimum Gasteiger partial charge on any atom is -0.497 e. The summed E-state index contributed by atoms with van der Waals surface area (Å²) in [5.41, 5.74) is 3.77. The largest absolute Gasteiger partial charge is 0.497 e. The van der Waals surface area contributed by atoms with E-state index in [0.717, 1.165) is 35.7 Å². The summed E-state index contributed by atoms with van der Waals surface area (Å²) in [5.74, 6) is 0.708. The number of halogens is 1.